The second kappa shape index (κ2) is 7.05. The number of likely N-dealkylation sites (tertiary alicyclic amines) is 1. The van der Waals surface area contributed by atoms with Gasteiger partial charge in [-0.05, 0) is 56.5 Å². The largest absolute Gasteiger partial charge is 0.338 e. The first-order chi connectivity index (χ1) is 11.8. The summed E-state index contributed by atoms with van der Waals surface area (Å²) in [5.74, 6) is -0.00144. The molecule has 0 aromatic heterocycles. The molecule has 0 saturated carbocycles. The van der Waals surface area contributed by atoms with Crippen LogP contribution >= 0.6 is 0 Å². The summed E-state index contributed by atoms with van der Waals surface area (Å²) in [6.07, 6.45) is 4.53. The Morgan fingerprint density at radius 2 is 1.84 bits per heavy atom. The first kappa shape index (κ1) is 18.4. The van der Waals surface area contributed by atoms with Crippen LogP contribution in [0, 0.1) is 5.41 Å². The van der Waals surface area contributed by atoms with E-state index in [1.165, 1.54) is 49.8 Å². The van der Waals surface area contributed by atoms with Crippen LogP contribution < -0.4 is 5.32 Å². The SMILES string of the molecule is CN(C)S(=O)(=O)c1ccc(C(=O)N2CCCC3(CCCNC3)C2)cc1. The molecule has 138 valence electrons. The van der Waals surface area contributed by atoms with Crippen molar-refractivity contribution in [2.75, 3.05) is 40.3 Å². The number of hydrogen-bond acceptors (Lipinski definition) is 4. The molecule has 3 rings (SSSR count). The van der Waals surface area contributed by atoms with Gasteiger partial charge in [0.05, 0.1) is 4.90 Å². The van der Waals surface area contributed by atoms with Crippen molar-refractivity contribution in [2.45, 2.75) is 30.6 Å². The summed E-state index contributed by atoms with van der Waals surface area (Å²) >= 11 is 0. The minimum absolute atomic E-state index is 0.00144. The van der Waals surface area contributed by atoms with E-state index in [1.54, 1.807) is 12.1 Å². The summed E-state index contributed by atoms with van der Waals surface area (Å²) < 4.78 is 25.5. The standard InChI is InChI=1S/C18H27N3O3S/c1-20(2)25(23,24)16-7-5-15(6-8-16)17(22)21-12-4-10-18(14-21)9-3-11-19-13-18/h5-8,19H,3-4,9-14H2,1-2H3. The highest BCUT2D eigenvalue weighted by atomic mass is 32.2. The molecule has 2 aliphatic rings. The lowest BCUT2D eigenvalue weighted by Crippen LogP contribution is -2.52. The van der Waals surface area contributed by atoms with Crippen LogP contribution in [0.15, 0.2) is 29.2 Å². The van der Waals surface area contributed by atoms with Crippen molar-refractivity contribution in [3.8, 4) is 0 Å². The molecule has 1 atom stereocenters. The lowest BCUT2D eigenvalue weighted by molar-refractivity contribution is 0.0434. The second-order valence-corrected chi connectivity index (χ2v) is 9.57. The summed E-state index contributed by atoms with van der Waals surface area (Å²) in [7, 11) is -0.467. The Kier molecular flexibility index (Phi) is 5.18. The Bertz CT molecular complexity index is 717. The van der Waals surface area contributed by atoms with Gasteiger partial charge in [0.25, 0.3) is 5.91 Å². The fourth-order valence-electron chi connectivity index (χ4n) is 3.92. The maximum Gasteiger partial charge on any atom is 0.253 e. The van der Waals surface area contributed by atoms with Gasteiger partial charge in [-0.2, -0.15) is 0 Å². The first-order valence-electron chi connectivity index (χ1n) is 8.87. The molecule has 7 heteroatoms. The lowest BCUT2D eigenvalue weighted by atomic mass is 9.74. The van der Waals surface area contributed by atoms with Crippen LogP contribution in [0.25, 0.3) is 0 Å². The molecule has 6 nitrogen and oxygen atoms in total. The van der Waals surface area contributed by atoms with Gasteiger partial charge in [-0.15, -0.1) is 0 Å². The number of piperidine rings is 2. The number of nitrogens with zero attached hydrogens (tertiary/aromatic N) is 2. The van der Waals surface area contributed by atoms with Crippen molar-refractivity contribution < 1.29 is 13.2 Å². The molecular weight excluding hydrogens is 338 g/mol. The third-order valence-corrected chi connectivity index (χ3v) is 7.22. The lowest BCUT2D eigenvalue weighted by Gasteiger charge is -2.45. The third kappa shape index (κ3) is 3.73. The van der Waals surface area contributed by atoms with Crippen LogP contribution in [0.1, 0.15) is 36.0 Å². The molecule has 0 aliphatic carbocycles. The molecule has 1 spiro atoms. The molecule has 1 N–H and O–H groups in total. The van der Waals surface area contributed by atoms with Crippen molar-refractivity contribution in [3.05, 3.63) is 29.8 Å². The fourth-order valence-corrected chi connectivity index (χ4v) is 4.82. The van der Waals surface area contributed by atoms with Gasteiger partial charge in [0.1, 0.15) is 0 Å². The zero-order valence-corrected chi connectivity index (χ0v) is 15.8. The molecule has 1 aromatic carbocycles. The summed E-state index contributed by atoms with van der Waals surface area (Å²) in [6.45, 7) is 3.61. The second-order valence-electron chi connectivity index (χ2n) is 7.42. The van der Waals surface area contributed by atoms with Crippen LogP contribution in [0.2, 0.25) is 0 Å². The average Bonchev–Trinajstić information content (AvgIpc) is 2.62. The predicted molar refractivity (Wildman–Crippen MR) is 97.0 cm³/mol. The summed E-state index contributed by atoms with van der Waals surface area (Å²) in [5, 5.41) is 3.47. The topological polar surface area (TPSA) is 69.7 Å². The van der Waals surface area contributed by atoms with E-state index in [2.05, 4.69) is 5.32 Å². The van der Waals surface area contributed by atoms with E-state index in [-0.39, 0.29) is 16.2 Å². The minimum atomic E-state index is -3.47. The average molecular weight is 365 g/mol. The van der Waals surface area contributed by atoms with Gasteiger partial charge in [-0.1, -0.05) is 0 Å². The van der Waals surface area contributed by atoms with Crippen LogP contribution in [0.3, 0.4) is 0 Å². The fraction of sp³-hybridized carbons (Fsp3) is 0.611. The first-order valence-corrected chi connectivity index (χ1v) is 10.3. The predicted octanol–water partition coefficient (Wildman–Crippen LogP) is 1.54. The minimum Gasteiger partial charge on any atom is -0.338 e. The molecule has 2 fully saturated rings. The molecule has 2 saturated heterocycles. The van der Waals surface area contributed by atoms with Gasteiger partial charge < -0.3 is 10.2 Å². The Morgan fingerprint density at radius 3 is 2.44 bits per heavy atom. The van der Waals surface area contributed by atoms with Crippen molar-refractivity contribution in [1.29, 1.82) is 0 Å². The van der Waals surface area contributed by atoms with Gasteiger partial charge >= 0.3 is 0 Å². The Morgan fingerprint density at radius 1 is 1.16 bits per heavy atom. The maximum atomic E-state index is 12.9. The molecule has 1 aromatic rings. The van der Waals surface area contributed by atoms with E-state index in [0.717, 1.165) is 32.6 Å². The number of nitrogens with one attached hydrogen (secondary N) is 1. The normalized spacial score (nSPS) is 24.7. The zero-order valence-electron chi connectivity index (χ0n) is 15.0. The molecule has 0 bridgehead atoms. The number of carbonyl (C=O) groups is 1. The quantitative estimate of drug-likeness (QED) is 0.882. The number of amides is 1. The highest BCUT2D eigenvalue weighted by molar-refractivity contribution is 7.89. The van der Waals surface area contributed by atoms with Crippen LogP contribution in [0.5, 0.6) is 0 Å². The highest BCUT2D eigenvalue weighted by Crippen LogP contribution is 2.36. The molecule has 1 unspecified atom stereocenters. The van der Waals surface area contributed by atoms with Gasteiger partial charge in [0.2, 0.25) is 10.0 Å². The van der Waals surface area contributed by atoms with Gasteiger partial charge in [0, 0.05) is 44.7 Å². The molecule has 25 heavy (non-hydrogen) atoms. The van der Waals surface area contributed by atoms with Crippen molar-refractivity contribution >= 4 is 15.9 Å². The Labute approximate surface area is 150 Å². The van der Waals surface area contributed by atoms with Crippen molar-refractivity contribution in [1.82, 2.24) is 14.5 Å². The van der Waals surface area contributed by atoms with Gasteiger partial charge in [-0.3, -0.25) is 4.79 Å². The zero-order chi connectivity index (χ0) is 18.1. The summed E-state index contributed by atoms with van der Waals surface area (Å²) in [4.78, 5) is 15.0. The van der Waals surface area contributed by atoms with Gasteiger partial charge in [0.15, 0.2) is 0 Å². The monoisotopic (exact) mass is 365 g/mol. The Hall–Kier alpha value is -1.44. The highest BCUT2D eigenvalue weighted by Gasteiger charge is 2.38. The number of hydrogen-bond donors (Lipinski definition) is 1. The molecular formula is C18H27N3O3S. The maximum absolute atomic E-state index is 12.9. The van der Waals surface area contributed by atoms with E-state index < -0.39 is 10.0 Å². The number of carbonyl (C=O) groups excluding carboxylic acids is 1. The van der Waals surface area contributed by atoms with Gasteiger partial charge in [-0.25, -0.2) is 12.7 Å². The number of benzene rings is 1. The third-order valence-electron chi connectivity index (χ3n) is 5.39. The van der Waals surface area contributed by atoms with E-state index >= 15 is 0 Å². The Balaban J connectivity index is 1.74. The summed E-state index contributed by atoms with van der Waals surface area (Å²) in [6, 6.07) is 6.28. The van der Waals surface area contributed by atoms with E-state index in [1.807, 2.05) is 4.90 Å². The van der Waals surface area contributed by atoms with Crippen LogP contribution in [-0.4, -0.2) is 63.8 Å². The molecule has 2 heterocycles. The van der Waals surface area contributed by atoms with E-state index in [0.29, 0.717) is 5.56 Å². The number of rotatable bonds is 3. The van der Waals surface area contributed by atoms with E-state index in [9.17, 15) is 13.2 Å². The molecule has 2 aliphatic heterocycles. The van der Waals surface area contributed by atoms with Crippen molar-refractivity contribution in [2.24, 2.45) is 5.41 Å². The van der Waals surface area contributed by atoms with Crippen LogP contribution in [0.4, 0.5) is 0 Å². The van der Waals surface area contributed by atoms with Crippen molar-refractivity contribution in [3.63, 3.8) is 0 Å². The smallest absolute Gasteiger partial charge is 0.253 e. The van der Waals surface area contributed by atoms with E-state index in [4.69, 9.17) is 0 Å². The van der Waals surface area contributed by atoms with Crippen LogP contribution in [-0.2, 0) is 10.0 Å². The summed E-state index contributed by atoms with van der Waals surface area (Å²) in [5.41, 5.74) is 0.763. The molecule has 0 radical (unpaired) electrons. The number of sulfonamides is 1. The molecule has 1 amide bonds.